The fraction of sp³-hybridized carbons (Fsp3) is 0.929. The molecule has 3 atom stereocenters. The van der Waals surface area contributed by atoms with Gasteiger partial charge in [0.05, 0.1) is 6.54 Å². The molecule has 104 valence electrons. The van der Waals surface area contributed by atoms with Gasteiger partial charge in [0.15, 0.2) is 0 Å². The van der Waals surface area contributed by atoms with Crippen LogP contribution in [0.1, 0.15) is 33.1 Å². The van der Waals surface area contributed by atoms with Crippen LogP contribution in [0, 0.1) is 11.8 Å². The zero-order valence-corrected chi connectivity index (χ0v) is 11.9. The zero-order valence-electron chi connectivity index (χ0n) is 11.9. The fourth-order valence-electron chi connectivity index (χ4n) is 2.98. The molecule has 0 aromatic rings. The summed E-state index contributed by atoms with van der Waals surface area (Å²) in [6, 6.07) is 0.924. The topological polar surface area (TPSA) is 44.4 Å². The number of carbonyl (C=O) groups excluding carboxylic acids is 1. The number of amides is 1. The maximum absolute atomic E-state index is 12.0. The van der Waals surface area contributed by atoms with Gasteiger partial charge in [0, 0.05) is 25.2 Å². The normalized spacial score (nSPS) is 33.2. The molecule has 1 amide bonds. The lowest BCUT2D eigenvalue weighted by Gasteiger charge is -2.37. The van der Waals surface area contributed by atoms with Crippen LogP contribution in [0.15, 0.2) is 0 Å². The van der Waals surface area contributed by atoms with Gasteiger partial charge >= 0.3 is 0 Å². The van der Waals surface area contributed by atoms with E-state index < -0.39 is 0 Å². The minimum Gasteiger partial charge on any atom is -0.352 e. The third-order valence-electron chi connectivity index (χ3n) is 4.83. The van der Waals surface area contributed by atoms with Crippen molar-refractivity contribution in [2.24, 2.45) is 11.8 Å². The number of nitrogens with zero attached hydrogens (tertiary/aromatic N) is 1. The SMILES string of the molecule is CC1CCCC(NC(=O)CN(C)C2CNC2)C1C. The Hall–Kier alpha value is -0.610. The van der Waals surface area contributed by atoms with E-state index in [4.69, 9.17) is 0 Å². The number of carbonyl (C=O) groups is 1. The molecule has 2 fully saturated rings. The lowest BCUT2D eigenvalue weighted by Crippen LogP contribution is -2.58. The third-order valence-corrected chi connectivity index (χ3v) is 4.83. The van der Waals surface area contributed by atoms with Crippen molar-refractivity contribution in [3.8, 4) is 0 Å². The average molecular weight is 253 g/mol. The Balaban J connectivity index is 1.75. The van der Waals surface area contributed by atoms with E-state index in [1.165, 1.54) is 12.8 Å². The van der Waals surface area contributed by atoms with Crippen LogP contribution in [-0.4, -0.2) is 49.6 Å². The molecule has 3 unspecified atom stereocenters. The Morgan fingerprint density at radius 3 is 2.67 bits per heavy atom. The van der Waals surface area contributed by atoms with Gasteiger partial charge < -0.3 is 10.6 Å². The molecule has 1 saturated carbocycles. The molecule has 0 bridgehead atoms. The Morgan fingerprint density at radius 2 is 2.06 bits per heavy atom. The summed E-state index contributed by atoms with van der Waals surface area (Å²) >= 11 is 0. The summed E-state index contributed by atoms with van der Waals surface area (Å²) in [5.41, 5.74) is 0. The Kier molecular flexibility index (Phi) is 4.62. The molecule has 0 radical (unpaired) electrons. The monoisotopic (exact) mass is 253 g/mol. The van der Waals surface area contributed by atoms with Gasteiger partial charge in [-0.2, -0.15) is 0 Å². The first-order valence-electron chi connectivity index (χ1n) is 7.28. The van der Waals surface area contributed by atoms with Crippen LogP contribution in [0.5, 0.6) is 0 Å². The second-order valence-electron chi connectivity index (χ2n) is 6.17. The van der Waals surface area contributed by atoms with Gasteiger partial charge in [0.2, 0.25) is 5.91 Å². The van der Waals surface area contributed by atoms with Crippen LogP contribution < -0.4 is 10.6 Å². The molecular formula is C14H27N3O. The number of rotatable bonds is 4. The van der Waals surface area contributed by atoms with E-state index in [0.717, 1.165) is 25.4 Å². The van der Waals surface area contributed by atoms with Crippen molar-refractivity contribution in [2.45, 2.75) is 45.2 Å². The van der Waals surface area contributed by atoms with E-state index in [-0.39, 0.29) is 5.91 Å². The fourth-order valence-corrected chi connectivity index (χ4v) is 2.98. The third kappa shape index (κ3) is 3.23. The smallest absolute Gasteiger partial charge is 0.234 e. The zero-order chi connectivity index (χ0) is 13.1. The van der Waals surface area contributed by atoms with Gasteiger partial charge in [-0.15, -0.1) is 0 Å². The van der Waals surface area contributed by atoms with Crippen molar-refractivity contribution in [3.63, 3.8) is 0 Å². The van der Waals surface area contributed by atoms with Crippen LogP contribution >= 0.6 is 0 Å². The van der Waals surface area contributed by atoms with Gasteiger partial charge in [-0.05, 0) is 25.3 Å². The maximum atomic E-state index is 12.0. The molecule has 0 aromatic carbocycles. The van der Waals surface area contributed by atoms with Crippen LogP contribution in [0.4, 0.5) is 0 Å². The van der Waals surface area contributed by atoms with Gasteiger partial charge in [0.25, 0.3) is 0 Å². The lowest BCUT2D eigenvalue weighted by atomic mass is 9.78. The molecule has 4 heteroatoms. The molecule has 0 spiro atoms. The first-order chi connectivity index (χ1) is 8.58. The van der Waals surface area contributed by atoms with E-state index in [9.17, 15) is 4.79 Å². The van der Waals surface area contributed by atoms with Crippen LogP contribution in [0.2, 0.25) is 0 Å². The molecule has 2 aliphatic rings. The lowest BCUT2D eigenvalue weighted by molar-refractivity contribution is -0.124. The van der Waals surface area contributed by atoms with E-state index in [1.807, 2.05) is 7.05 Å². The molecule has 1 aliphatic heterocycles. The number of hydrogen-bond donors (Lipinski definition) is 2. The van der Waals surface area contributed by atoms with Gasteiger partial charge in [0.1, 0.15) is 0 Å². The summed E-state index contributed by atoms with van der Waals surface area (Å²) in [6.45, 7) is 7.13. The summed E-state index contributed by atoms with van der Waals surface area (Å²) in [7, 11) is 2.04. The molecule has 1 aliphatic carbocycles. The summed E-state index contributed by atoms with van der Waals surface area (Å²) < 4.78 is 0. The number of nitrogens with one attached hydrogen (secondary N) is 2. The molecule has 18 heavy (non-hydrogen) atoms. The summed E-state index contributed by atoms with van der Waals surface area (Å²) in [5, 5.41) is 6.47. The molecule has 1 heterocycles. The molecular weight excluding hydrogens is 226 g/mol. The van der Waals surface area contributed by atoms with Crippen molar-refractivity contribution >= 4 is 5.91 Å². The van der Waals surface area contributed by atoms with Gasteiger partial charge in [-0.1, -0.05) is 26.7 Å². The second kappa shape index (κ2) is 6.02. The Labute approximate surface area is 110 Å². The molecule has 0 aromatic heterocycles. The molecule has 2 rings (SSSR count). The van der Waals surface area contributed by atoms with E-state index in [2.05, 4.69) is 29.4 Å². The first-order valence-corrected chi connectivity index (χ1v) is 7.28. The highest BCUT2D eigenvalue weighted by atomic mass is 16.2. The van der Waals surface area contributed by atoms with Crippen LogP contribution in [0.25, 0.3) is 0 Å². The average Bonchev–Trinajstić information content (AvgIpc) is 2.22. The van der Waals surface area contributed by atoms with Crippen molar-refractivity contribution in [2.75, 3.05) is 26.7 Å². The highest BCUT2D eigenvalue weighted by Crippen LogP contribution is 2.29. The van der Waals surface area contributed by atoms with E-state index in [1.54, 1.807) is 0 Å². The number of hydrogen-bond acceptors (Lipinski definition) is 3. The Morgan fingerprint density at radius 1 is 1.33 bits per heavy atom. The van der Waals surface area contributed by atoms with Crippen molar-refractivity contribution in [3.05, 3.63) is 0 Å². The molecule has 4 nitrogen and oxygen atoms in total. The quantitative estimate of drug-likeness (QED) is 0.780. The highest BCUT2D eigenvalue weighted by molar-refractivity contribution is 5.78. The van der Waals surface area contributed by atoms with Gasteiger partial charge in [-0.3, -0.25) is 9.69 Å². The van der Waals surface area contributed by atoms with Crippen molar-refractivity contribution in [1.82, 2.24) is 15.5 Å². The second-order valence-corrected chi connectivity index (χ2v) is 6.17. The van der Waals surface area contributed by atoms with Crippen molar-refractivity contribution < 1.29 is 4.79 Å². The predicted molar refractivity (Wildman–Crippen MR) is 73.4 cm³/mol. The van der Waals surface area contributed by atoms with Crippen LogP contribution in [0.3, 0.4) is 0 Å². The predicted octanol–water partition coefficient (Wildman–Crippen LogP) is 0.831. The van der Waals surface area contributed by atoms with E-state index >= 15 is 0 Å². The summed E-state index contributed by atoms with van der Waals surface area (Å²) in [4.78, 5) is 14.2. The first kappa shape index (κ1) is 13.8. The summed E-state index contributed by atoms with van der Waals surface area (Å²) in [5.74, 6) is 1.53. The van der Waals surface area contributed by atoms with Crippen molar-refractivity contribution in [1.29, 1.82) is 0 Å². The summed E-state index contributed by atoms with van der Waals surface area (Å²) in [6.07, 6.45) is 3.70. The molecule has 1 saturated heterocycles. The minimum atomic E-state index is 0.190. The van der Waals surface area contributed by atoms with E-state index in [0.29, 0.717) is 24.5 Å². The van der Waals surface area contributed by atoms with Crippen LogP contribution in [-0.2, 0) is 4.79 Å². The molecule has 2 N–H and O–H groups in total. The Bertz CT molecular complexity index is 291. The van der Waals surface area contributed by atoms with Gasteiger partial charge in [-0.25, -0.2) is 0 Å². The number of likely N-dealkylation sites (N-methyl/N-ethyl adjacent to an activating group) is 1. The highest BCUT2D eigenvalue weighted by Gasteiger charge is 2.29. The largest absolute Gasteiger partial charge is 0.352 e. The minimum absolute atomic E-state index is 0.190. The standard InChI is InChI=1S/C14H27N3O/c1-10-5-4-6-13(11(10)2)16-14(18)9-17(3)12-7-15-8-12/h10-13,15H,4-9H2,1-3H3,(H,16,18). The maximum Gasteiger partial charge on any atom is 0.234 e.